The number of thiazole rings is 1. The number of nitrogens with zero attached hydrogens (tertiary/aromatic N) is 4. The van der Waals surface area contributed by atoms with Crippen LogP contribution in [0.15, 0.2) is 35.1 Å². The third-order valence-electron chi connectivity index (χ3n) is 6.86. The number of hydrogen-bond acceptors (Lipinski definition) is 7. The van der Waals surface area contributed by atoms with E-state index in [1.807, 2.05) is 24.3 Å². The molecule has 1 atom stereocenters. The van der Waals surface area contributed by atoms with Gasteiger partial charge in [-0.25, -0.2) is 13.8 Å². The number of carbonyl (C=O) groups excluding carboxylic acids is 1. The number of hydrogen-bond donors (Lipinski definition) is 1. The van der Waals surface area contributed by atoms with Crippen molar-refractivity contribution >= 4 is 49.1 Å². The number of alkyl halides is 1. The van der Waals surface area contributed by atoms with E-state index in [-0.39, 0.29) is 23.3 Å². The number of carbonyl (C=O) groups is 1. The quantitative estimate of drug-likeness (QED) is 0.413. The number of amides is 1. The first-order valence-electron chi connectivity index (χ1n) is 12.1. The highest BCUT2D eigenvalue weighted by atomic mass is 32.1. The van der Waals surface area contributed by atoms with E-state index in [0.717, 1.165) is 16.6 Å². The summed E-state index contributed by atoms with van der Waals surface area (Å²) in [4.78, 5) is 35.4. The van der Waals surface area contributed by atoms with Crippen LogP contribution in [0.3, 0.4) is 0 Å². The molecule has 2 aliphatic heterocycles. The summed E-state index contributed by atoms with van der Waals surface area (Å²) in [6.07, 6.45) is 0.277. The van der Waals surface area contributed by atoms with Gasteiger partial charge in [0.2, 0.25) is 5.43 Å². The molecule has 0 saturated carbocycles. The number of ether oxygens (including phenoxy) is 1. The lowest BCUT2D eigenvalue weighted by Crippen LogP contribution is -2.38. The van der Waals surface area contributed by atoms with Gasteiger partial charge in [-0.2, -0.15) is 0 Å². The smallest absolute Gasteiger partial charge is 0.258 e. The zero-order chi connectivity index (χ0) is 24.8. The molecule has 6 rings (SSSR count). The van der Waals surface area contributed by atoms with E-state index in [4.69, 9.17) is 4.74 Å². The van der Waals surface area contributed by atoms with E-state index in [1.54, 1.807) is 14.2 Å². The Labute approximate surface area is 209 Å². The van der Waals surface area contributed by atoms with E-state index in [0.29, 0.717) is 56.3 Å². The average Bonchev–Trinajstić information content (AvgIpc) is 3.47. The molecule has 0 spiro atoms. The first kappa shape index (κ1) is 23.3. The second-order valence-corrected chi connectivity index (χ2v) is 10.1. The average molecular weight is 514 g/mol. The normalized spacial score (nSPS) is 19.1. The van der Waals surface area contributed by atoms with Crippen molar-refractivity contribution in [2.75, 3.05) is 50.8 Å². The summed E-state index contributed by atoms with van der Waals surface area (Å²) in [5.41, 5.74) is 0.464. The van der Waals surface area contributed by atoms with Gasteiger partial charge < -0.3 is 15.0 Å². The van der Waals surface area contributed by atoms with Crippen LogP contribution in [0.5, 0.6) is 0 Å². The summed E-state index contributed by atoms with van der Waals surface area (Å²) in [5, 5.41) is 2.82. The van der Waals surface area contributed by atoms with Crippen LogP contribution in [0.25, 0.3) is 26.1 Å². The Morgan fingerprint density at radius 1 is 1.22 bits per heavy atom. The standard InChI is InChI=1S/C25H25F2N5O3S/c26-16-14-15-21(33)20(24(34)28-7-9-30-8-3-6-19(30)27)25-32(17-4-1-2-5-18(17)36-25)22(15)29-23(16)31-10-12-35-13-11-31/h1-2,4-5,14,19H,3,6-13H2,(H,28,34)/t19-/m1/s1. The van der Waals surface area contributed by atoms with Crippen molar-refractivity contribution < 1.29 is 18.3 Å². The number of benzene rings is 1. The monoisotopic (exact) mass is 513 g/mol. The number of aromatic nitrogens is 2. The van der Waals surface area contributed by atoms with Crippen LogP contribution in [-0.2, 0) is 4.74 Å². The summed E-state index contributed by atoms with van der Waals surface area (Å²) in [6, 6.07) is 8.73. The Morgan fingerprint density at radius 2 is 2.03 bits per heavy atom. The van der Waals surface area contributed by atoms with Crippen LogP contribution in [0.2, 0.25) is 0 Å². The number of pyridine rings is 2. The van der Waals surface area contributed by atoms with Gasteiger partial charge >= 0.3 is 0 Å². The molecule has 3 aromatic heterocycles. The van der Waals surface area contributed by atoms with Crippen molar-refractivity contribution in [2.45, 2.75) is 19.1 Å². The zero-order valence-corrected chi connectivity index (χ0v) is 20.3. The van der Waals surface area contributed by atoms with Crippen LogP contribution in [0, 0.1) is 5.82 Å². The number of nitrogens with one attached hydrogen (secondary N) is 1. The minimum atomic E-state index is -1.00. The fraction of sp³-hybridized carbons (Fsp3) is 0.400. The molecule has 2 aliphatic rings. The fourth-order valence-electron chi connectivity index (χ4n) is 5.04. The van der Waals surface area contributed by atoms with Crippen LogP contribution in [-0.4, -0.2) is 72.4 Å². The molecule has 11 heteroatoms. The molecule has 1 amide bonds. The van der Waals surface area contributed by atoms with Gasteiger partial charge in [0.1, 0.15) is 10.4 Å². The van der Waals surface area contributed by atoms with Gasteiger partial charge in [0.15, 0.2) is 23.6 Å². The molecule has 1 aromatic carbocycles. The fourth-order valence-corrected chi connectivity index (χ4v) is 6.22. The maximum Gasteiger partial charge on any atom is 0.258 e. The predicted octanol–water partition coefficient (Wildman–Crippen LogP) is 3.16. The molecule has 8 nitrogen and oxygen atoms in total. The number of likely N-dealkylation sites (tertiary alicyclic amines) is 1. The number of rotatable bonds is 5. The topological polar surface area (TPSA) is 79.2 Å². The Bertz CT molecular complexity index is 1530. The third kappa shape index (κ3) is 3.91. The lowest BCUT2D eigenvalue weighted by molar-refractivity contribution is 0.0927. The first-order valence-corrected chi connectivity index (χ1v) is 12.9. The number of halogens is 2. The van der Waals surface area contributed by atoms with Crippen LogP contribution in [0.4, 0.5) is 14.6 Å². The van der Waals surface area contributed by atoms with E-state index < -0.39 is 23.4 Å². The largest absolute Gasteiger partial charge is 0.378 e. The summed E-state index contributed by atoms with van der Waals surface area (Å²) >= 11 is 1.31. The Morgan fingerprint density at radius 3 is 2.81 bits per heavy atom. The Hall–Kier alpha value is -3.15. The minimum absolute atomic E-state index is 0.0408. The number of anilines is 1. The molecule has 188 valence electrons. The van der Waals surface area contributed by atoms with Crippen molar-refractivity contribution in [1.82, 2.24) is 19.6 Å². The minimum Gasteiger partial charge on any atom is -0.378 e. The van der Waals surface area contributed by atoms with Crippen molar-refractivity contribution in [1.29, 1.82) is 0 Å². The van der Waals surface area contributed by atoms with Crippen LogP contribution < -0.4 is 15.6 Å². The molecule has 0 aliphatic carbocycles. The SMILES string of the molecule is O=C(NCCN1CCC[C@@H]1F)c1c(=O)c2cc(F)c(N3CCOCC3)nc2n2c1sc1ccccc12. The molecule has 5 heterocycles. The third-order valence-corrected chi connectivity index (χ3v) is 8.00. The highest BCUT2D eigenvalue weighted by Gasteiger charge is 2.27. The van der Waals surface area contributed by atoms with Gasteiger partial charge in [0.25, 0.3) is 5.91 Å². The van der Waals surface area contributed by atoms with E-state index >= 15 is 4.39 Å². The highest BCUT2D eigenvalue weighted by Crippen LogP contribution is 2.32. The van der Waals surface area contributed by atoms with Crippen molar-refractivity contribution in [3.63, 3.8) is 0 Å². The second-order valence-electron chi connectivity index (χ2n) is 9.05. The molecule has 1 N–H and O–H groups in total. The Kier molecular flexibility index (Phi) is 6.06. The molecular weight excluding hydrogens is 488 g/mol. The second kappa shape index (κ2) is 9.38. The van der Waals surface area contributed by atoms with Crippen LogP contribution >= 0.6 is 11.3 Å². The maximum atomic E-state index is 15.2. The number of para-hydroxylation sites is 1. The van der Waals surface area contributed by atoms with Crippen molar-refractivity contribution in [3.8, 4) is 0 Å². The first-order chi connectivity index (χ1) is 17.5. The van der Waals surface area contributed by atoms with E-state index in [9.17, 15) is 14.0 Å². The summed E-state index contributed by atoms with van der Waals surface area (Å²) in [5.74, 6) is -1.01. The molecule has 2 fully saturated rings. The van der Waals surface area contributed by atoms with Crippen molar-refractivity contribution in [2.24, 2.45) is 0 Å². The molecule has 0 bridgehead atoms. The summed E-state index contributed by atoms with van der Waals surface area (Å²) in [7, 11) is 0. The highest BCUT2D eigenvalue weighted by molar-refractivity contribution is 7.24. The maximum absolute atomic E-state index is 15.2. The molecule has 4 aromatic rings. The van der Waals surface area contributed by atoms with E-state index in [2.05, 4.69) is 10.3 Å². The van der Waals surface area contributed by atoms with Gasteiger partial charge in [-0.05, 0) is 31.0 Å². The lowest BCUT2D eigenvalue weighted by Gasteiger charge is -2.28. The lowest BCUT2D eigenvalue weighted by atomic mass is 10.1. The van der Waals surface area contributed by atoms with Crippen molar-refractivity contribution in [3.05, 3.63) is 51.9 Å². The molecular formula is C25H25F2N5O3S. The van der Waals surface area contributed by atoms with Gasteiger partial charge in [-0.1, -0.05) is 12.1 Å². The van der Waals surface area contributed by atoms with Crippen LogP contribution in [0.1, 0.15) is 23.2 Å². The summed E-state index contributed by atoms with van der Waals surface area (Å²) < 4.78 is 37.2. The molecule has 0 radical (unpaired) electrons. The Balaban J connectivity index is 1.48. The van der Waals surface area contributed by atoms with E-state index in [1.165, 1.54) is 17.4 Å². The van der Waals surface area contributed by atoms with Gasteiger partial charge in [0.05, 0.1) is 28.8 Å². The van der Waals surface area contributed by atoms with Gasteiger partial charge in [-0.3, -0.25) is 18.9 Å². The van der Waals surface area contributed by atoms with Gasteiger partial charge in [-0.15, -0.1) is 11.3 Å². The summed E-state index contributed by atoms with van der Waals surface area (Å²) in [6.45, 7) is 3.13. The number of fused-ring (bicyclic) bond motifs is 5. The molecule has 0 unspecified atom stereocenters. The predicted molar refractivity (Wildman–Crippen MR) is 135 cm³/mol. The zero-order valence-electron chi connectivity index (χ0n) is 19.5. The molecule has 2 saturated heterocycles. The molecule has 36 heavy (non-hydrogen) atoms. The number of morpholine rings is 1. The van der Waals surface area contributed by atoms with Gasteiger partial charge in [0, 0.05) is 32.7 Å².